The molecule has 3 aromatic rings. The first kappa shape index (κ1) is 20.0. The number of amides is 1. The first-order valence-corrected chi connectivity index (χ1v) is 9.36. The van der Waals surface area contributed by atoms with Gasteiger partial charge in [0.05, 0.1) is 23.1 Å². The molecule has 0 aliphatic heterocycles. The number of thiophene rings is 1. The molecule has 1 aromatic heterocycles. The molecule has 0 aliphatic carbocycles. The van der Waals surface area contributed by atoms with Crippen molar-refractivity contribution in [3.05, 3.63) is 86.1 Å². The summed E-state index contributed by atoms with van der Waals surface area (Å²) in [5.74, 6) is 0.741. The number of hydrazone groups is 1. The minimum atomic E-state index is -0.451. The Morgan fingerprint density at radius 3 is 2.66 bits per heavy atom. The van der Waals surface area contributed by atoms with E-state index in [0.717, 1.165) is 5.56 Å². The zero-order chi connectivity index (χ0) is 20.6. The number of carbonyl (C=O) groups excluding carboxylic acids is 1. The Hall–Kier alpha value is -3.72. The molecule has 8 nitrogen and oxygen atoms in total. The normalized spacial score (nSPS) is 10.7. The zero-order valence-electron chi connectivity index (χ0n) is 15.4. The molecule has 29 heavy (non-hydrogen) atoms. The average Bonchev–Trinajstić information content (AvgIpc) is 3.27. The number of methoxy groups -OCH3 is 1. The topological polar surface area (TPSA) is 103 Å². The SMILES string of the molecule is COc1ccc(/C=N\NC(=O)c2cccs2)cc1OCc1ccc([N+](=O)[O-])cc1. The third-order valence-corrected chi connectivity index (χ3v) is 4.72. The van der Waals surface area contributed by atoms with Crippen molar-refractivity contribution in [1.29, 1.82) is 0 Å². The van der Waals surface area contributed by atoms with Gasteiger partial charge in [-0.15, -0.1) is 11.3 Å². The van der Waals surface area contributed by atoms with Crippen molar-refractivity contribution in [2.75, 3.05) is 7.11 Å². The van der Waals surface area contributed by atoms with Gasteiger partial charge in [0.25, 0.3) is 11.6 Å². The van der Waals surface area contributed by atoms with E-state index in [4.69, 9.17) is 9.47 Å². The van der Waals surface area contributed by atoms with Crippen LogP contribution in [0.5, 0.6) is 11.5 Å². The first-order valence-electron chi connectivity index (χ1n) is 8.48. The number of carbonyl (C=O) groups is 1. The summed E-state index contributed by atoms with van der Waals surface area (Å²) in [6, 6.07) is 14.9. The molecule has 0 unspecified atom stereocenters. The van der Waals surface area contributed by atoms with E-state index in [9.17, 15) is 14.9 Å². The van der Waals surface area contributed by atoms with E-state index in [2.05, 4.69) is 10.5 Å². The van der Waals surface area contributed by atoms with Crippen LogP contribution in [0.3, 0.4) is 0 Å². The molecule has 0 saturated heterocycles. The van der Waals surface area contributed by atoms with Crippen LogP contribution in [0, 0.1) is 10.1 Å². The summed E-state index contributed by atoms with van der Waals surface area (Å²) < 4.78 is 11.1. The van der Waals surface area contributed by atoms with Gasteiger partial charge >= 0.3 is 0 Å². The van der Waals surface area contributed by atoms with Gasteiger partial charge < -0.3 is 9.47 Å². The molecule has 0 atom stereocenters. The number of benzene rings is 2. The highest BCUT2D eigenvalue weighted by atomic mass is 32.1. The van der Waals surface area contributed by atoms with E-state index >= 15 is 0 Å². The average molecular weight is 411 g/mol. The van der Waals surface area contributed by atoms with Gasteiger partial charge in [-0.2, -0.15) is 5.10 Å². The number of nitrogens with zero attached hydrogens (tertiary/aromatic N) is 2. The fourth-order valence-electron chi connectivity index (χ4n) is 2.39. The molecule has 0 fully saturated rings. The summed E-state index contributed by atoms with van der Waals surface area (Å²) in [6.07, 6.45) is 1.50. The van der Waals surface area contributed by atoms with Crippen LogP contribution in [-0.2, 0) is 6.61 Å². The lowest BCUT2D eigenvalue weighted by Gasteiger charge is -2.11. The second kappa shape index (κ2) is 9.47. The van der Waals surface area contributed by atoms with Crippen LogP contribution in [0.1, 0.15) is 20.8 Å². The predicted molar refractivity (Wildman–Crippen MR) is 110 cm³/mol. The van der Waals surface area contributed by atoms with Crippen molar-refractivity contribution in [2.24, 2.45) is 5.10 Å². The lowest BCUT2D eigenvalue weighted by Crippen LogP contribution is -2.16. The number of nitro groups is 1. The maximum atomic E-state index is 11.9. The van der Waals surface area contributed by atoms with Crippen LogP contribution in [0.15, 0.2) is 65.1 Å². The molecule has 1 N–H and O–H groups in total. The van der Waals surface area contributed by atoms with Crippen molar-refractivity contribution < 1.29 is 19.2 Å². The number of hydrogen-bond donors (Lipinski definition) is 1. The van der Waals surface area contributed by atoms with Crippen molar-refractivity contribution in [1.82, 2.24) is 5.43 Å². The van der Waals surface area contributed by atoms with Gasteiger partial charge in [0.2, 0.25) is 0 Å². The molecule has 0 aliphatic rings. The number of ether oxygens (including phenoxy) is 2. The zero-order valence-corrected chi connectivity index (χ0v) is 16.2. The van der Waals surface area contributed by atoms with Gasteiger partial charge in [0.15, 0.2) is 11.5 Å². The molecule has 0 bridgehead atoms. The second-order valence-electron chi connectivity index (χ2n) is 5.80. The van der Waals surface area contributed by atoms with Gasteiger partial charge in [0, 0.05) is 12.1 Å². The first-order chi connectivity index (χ1) is 14.1. The van der Waals surface area contributed by atoms with Crippen molar-refractivity contribution >= 4 is 29.1 Å². The summed E-state index contributed by atoms with van der Waals surface area (Å²) in [7, 11) is 1.53. The van der Waals surface area contributed by atoms with Gasteiger partial charge in [-0.3, -0.25) is 14.9 Å². The Balaban J connectivity index is 1.65. The highest BCUT2D eigenvalue weighted by molar-refractivity contribution is 7.12. The molecule has 1 amide bonds. The molecular weight excluding hydrogens is 394 g/mol. The number of rotatable bonds is 8. The summed E-state index contributed by atoms with van der Waals surface area (Å²) in [4.78, 5) is 22.7. The molecule has 0 radical (unpaired) electrons. The highest BCUT2D eigenvalue weighted by Gasteiger charge is 2.08. The van der Waals surface area contributed by atoms with E-state index in [0.29, 0.717) is 21.9 Å². The number of non-ortho nitro benzene ring substituents is 1. The fourth-order valence-corrected chi connectivity index (χ4v) is 3.00. The Labute approximate surface area is 170 Å². The van der Waals surface area contributed by atoms with Crippen LogP contribution in [0.4, 0.5) is 5.69 Å². The van der Waals surface area contributed by atoms with Crippen molar-refractivity contribution in [3.63, 3.8) is 0 Å². The van der Waals surface area contributed by atoms with Crippen LogP contribution >= 0.6 is 11.3 Å². The molecule has 0 spiro atoms. The summed E-state index contributed by atoms with van der Waals surface area (Å²) in [5.41, 5.74) is 3.97. The quantitative estimate of drug-likeness (QED) is 0.343. The fraction of sp³-hybridized carbons (Fsp3) is 0.100. The number of nitrogens with one attached hydrogen (secondary N) is 1. The Morgan fingerprint density at radius 2 is 2.00 bits per heavy atom. The smallest absolute Gasteiger partial charge is 0.281 e. The van der Waals surface area contributed by atoms with Crippen molar-refractivity contribution in [2.45, 2.75) is 6.61 Å². The van der Waals surface area contributed by atoms with E-state index in [1.165, 1.54) is 36.8 Å². The van der Waals surface area contributed by atoms with Gasteiger partial charge in [0.1, 0.15) is 6.61 Å². The molecule has 0 saturated carbocycles. The molecule has 3 rings (SSSR count). The lowest BCUT2D eigenvalue weighted by molar-refractivity contribution is -0.384. The third kappa shape index (κ3) is 5.39. The van der Waals surface area contributed by atoms with E-state index in [1.807, 2.05) is 5.38 Å². The van der Waals surface area contributed by atoms with Gasteiger partial charge in [-0.1, -0.05) is 6.07 Å². The molecule has 2 aromatic carbocycles. The highest BCUT2D eigenvalue weighted by Crippen LogP contribution is 2.28. The van der Waals surface area contributed by atoms with E-state index in [-0.39, 0.29) is 18.2 Å². The summed E-state index contributed by atoms with van der Waals surface area (Å²) in [5, 5.41) is 16.5. The standard InChI is InChI=1S/C20H17N3O5S/c1-27-17-9-6-15(12-21-22-20(24)19-3-2-10-29-19)11-18(17)28-13-14-4-7-16(8-5-14)23(25)26/h2-12H,13H2,1H3,(H,22,24)/b21-12-. The monoisotopic (exact) mass is 411 g/mol. The van der Waals surface area contributed by atoms with Crippen LogP contribution in [-0.4, -0.2) is 24.2 Å². The van der Waals surface area contributed by atoms with Gasteiger partial charge in [-0.05, 0) is 52.9 Å². The maximum absolute atomic E-state index is 11.9. The molecule has 148 valence electrons. The second-order valence-corrected chi connectivity index (χ2v) is 6.75. The molecule has 1 heterocycles. The van der Waals surface area contributed by atoms with E-state index in [1.54, 1.807) is 42.5 Å². The van der Waals surface area contributed by atoms with Crippen molar-refractivity contribution in [3.8, 4) is 11.5 Å². The lowest BCUT2D eigenvalue weighted by atomic mass is 10.2. The number of hydrogen-bond acceptors (Lipinski definition) is 7. The third-order valence-electron chi connectivity index (χ3n) is 3.85. The van der Waals surface area contributed by atoms with Crippen LogP contribution < -0.4 is 14.9 Å². The number of nitro benzene ring substituents is 1. The Morgan fingerprint density at radius 1 is 1.21 bits per heavy atom. The summed E-state index contributed by atoms with van der Waals surface area (Å²) in [6.45, 7) is 0.212. The predicted octanol–water partition coefficient (Wildman–Crippen LogP) is 4.01. The van der Waals surface area contributed by atoms with Crippen LogP contribution in [0.2, 0.25) is 0 Å². The molecule has 9 heteroatoms. The molecular formula is C20H17N3O5S. The maximum Gasteiger partial charge on any atom is 0.281 e. The Bertz CT molecular complexity index is 1020. The van der Waals surface area contributed by atoms with E-state index < -0.39 is 4.92 Å². The summed E-state index contributed by atoms with van der Waals surface area (Å²) >= 11 is 1.33. The largest absolute Gasteiger partial charge is 0.493 e. The van der Waals surface area contributed by atoms with Crippen LogP contribution in [0.25, 0.3) is 0 Å². The van der Waals surface area contributed by atoms with Gasteiger partial charge in [-0.25, -0.2) is 5.43 Å². The minimum absolute atomic E-state index is 0.0223. The minimum Gasteiger partial charge on any atom is -0.493 e. The Kier molecular flexibility index (Phi) is 6.54.